The number of aryl methyl sites for hydroxylation is 2. The molecule has 1 fully saturated rings. The van der Waals surface area contributed by atoms with Crippen LogP contribution in [0.2, 0.25) is 0 Å². The van der Waals surface area contributed by atoms with Gasteiger partial charge < -0.3 is 5.32 Å². The molecule has 0 atom stereocenters. The molecule has 20 heavy (non-hydrogen) atoms. The highest BCUT2D eigenvalue weighted by Gasteiger charge is 2.20. The lowest BCUT2D eigenvalue weighted by Crippen LogP contribution is -2.16. The molecular formula is C17H23N3. The van der Waals surface area contributed by atoms with Gasteiger partial charge in [-0.2, -0.15) is 5.10 Å². The number of hydrogen-bond acceptors (Lipinski definition) is 2. The molecule has 3 rings (SSSR count). The monoisotopic (exact) mass is 269 g/mol. The van der Waals surface area contributed by atoms with Crippen molar-refractivity contribution in [3.63, 3.8) is 0 Å². The molecule has 1 aliphatic rings. The van der Waals surface area contributed by atoms with Crippen molar-refractivity contribution in [2.24, 2.45) is 0 Å². The fourth-order valence-corrected chi connectivity index (χ4v) is 2.69. The van der Waals surface area contributed by atoms with E-state index < -0.39 is 0 Å². The topological polar surface area (TPSA) is 29.9 Å². The molecule has 1 aromatic carbocycles. The van der Waals surface area contributed by atoms with Crippen LogP contribution in [0.5, 0.6) is 0 Å². The van der Waals surface area contributed by atoms with Gasteiger partial charge in [-0.05, 0) is 39.2 Å². The Labute approximate surface area is 121 Å². The van der Waals surface area contributed by atoms with Gasteiger partial charge in [-0.15, -0.1) is 0 Å². The molecule has 0 saturated heterocycles. The minimum Gasteiger partial charge on any atom is -0.310 e. The minimum absolute atomic E-state index is 0.747. The maximum atomic E-state index is 4.55. The molecule has 0 unspecified atom stereocenters. The minimum atomic E-state index is 0.747. The molecule has 1 aliphatic carbocycles. The quantitative estimate of drug-likeness (QED) is 0.904. The first-order chi connectivity index (χ1) is 9.61. The number of aromatic nitrogens is 2. The zero-order valence-electron chi connectivity index (χ0n) is 12.6. The van der Waals surface area contributed by atoms with Crippen molar-refractivity contribution in [1.29, 1.82) is 0 Å². The molecule has 3 heteroatoms. The average Bonchev–Trinajstić information content (AvgIpc) is 3.14. The molecule has 1 aromatic heterocycles. The van der Waals surface area contributed by atoms with E-state index in [0.29, 0.717) is 0 Å². The molecule has 0 spiro atoms. The lowest BCUT2D eigenvalue weighted by atomic mass is 10.1. The Bertz CT molecular complexity index is 588. The predicted octanol–water partition coefficient (Wildman–Crippen LogP) is 3.11. The Morgan fingerprint density at radius 2 is 1.85 bits per heavy atom. The van der Waals surface area contributed by atoms with Crippen LogP contribution >= 0.6 is 0 Å². The van der Waals surface area contributed by atoms with Gasteiger partial charge in [-0.3, -0.25) is 4.68 Å². The van der Waals surface area contributed by atoms with Gasteiger partial charge in [0, 0.05) is 23.8 Å². The zero-order chi connectivity index (χ0) is 14.1. The van der Waals surface area contributed by atoms with Crippen molar-refractivity contribution < 1.29 is 0 Å². The molecule has 2 aromatic rings. The van der Waals surface area contributed by atoms with Crippen LogP contribution < -0.4 is 5.32 Å². The molecule has 0 bridgehead atoms. The van der Waals surface area contributed by atoms with Crippen molar-refractivity contribution in [3.05, 3.63) is 52.3 Å². The Morgan fingerprint density at radius 1 is 1.15 bits per heavy atom. The molecule has 0 aliphatic heterocycles. The molecule has 0 radical (unpaired) electrons. The van der Waals surface area contributed by atoms with E-state index in [1.54, 1.807) is 0 Å². The number of rotatable bonds is 5. The van der Waals surface area contributed by atoms with Crippen molar-refractivity contribution in [2.45, 2.75) is 52.7 Å². The normalized spacial score (nSPS) is 14.8. The van der Waals surface area contributed by atoms with Crippen molar-refractivity contribution >= 4 is 0 Å². The van der Waals surface area contributed by atoms with E-state index in [2.05, 4.69) is 54.1 Å². The van der Waals surface area contributed by atoms with E-state index in [1.807, 2.05) is 6.20 Å². The van der Waals surface area contributed by atoms with Crippen LogP contribution in [-0.4, -0.2) is 15.8 Å². The van der Waals surface area contributed by atoms with Gasteiger partial charge in [-0.1, -0.05) is 29.3 Å². The van der Waals surface area contributed by atoms with Gasteiger partial charge in [-0.25, -0.2) is 0 Å². The number of benzene rings is 1. The van der Waals surface area contributed by atoms with Gasteiger partial charge >= 0.3 is 0 Å². The molecule has 1 heterocycles. The first kappa shape index (κ1) is 13.4. The summed E-state index contributed by atoms with van der Waals surface area (Å²) in [5, 5.41) is 8.10. The smallest absolute Gasteiger partial charge is 0.0662 e. The van der Waals surface area contributed by atoms with Gasteiger partial charge in [0.1, 0.15) is 0 Å². The molecule has 0 amide bonds. The van der Waals surface area contributed by atoms with Gasteiger partial charge in [0.15, 0.2) is 0 Å². The van der Waals surface area contributed by atoms with Crippen molar-refractivity contribution in [2.75, 3.05) is 0 Å². The van der Waals surface area contributed by atoms with Crippen LogP contribution in [-0.2, 0) is 13.1 Å². The largest absolute Gasteiger partial charge is 0.310 e. The van der Waals surface area contributed by atoms with E-state index >= 15 is 0 Å². The summed E-state index contributed by atoms with van der Waals surface area (Å²) in [6, 6.07) is 7.45. The van der Waals surface area contributed by atoms with E-state index in [1.165, 1.54) is 40.8 Å². The average molecular weight is 269 g/mol. The van der Waals surface area contributed by atoms with Crippen LogP contribution in [0.3, 0.4) is 0 Å². The highest BCUT2D eigenvalue weighted by atomic mass is 15.3. The first-order valence-corrected chi connectivity index (χ1v) is 7.43. The number of nitrogens with zero attached hydrogens (tertiary/aromatic N) is 2. The summed E-state index contributed by atoms with van der Waals surface area (Å²) >= 11 is 0. The number of hydrogen-bond donors (Lipinski definition) is 1. The summed E-state index contributed by atoms with van der Waals surface area (Å²) in [6.07, 6.45) is 4.67. The molecule has 106 valence electrons. The third-order valence-corrected chi connectivity index (χ3v) is 3.98. The van der Waals surface area contributed by atoms with E-state index in [9.17, 15) is 0 Å². The van der Waals surface area contributed by atoms with E-state index in [0.717, 1.165) is 19.1 Å². The predicted molar refractivity (Wildman–Crippen MR) is 81.8 cm³/mol. The fraction of sp³-hybridized carbons (Fsp3) is 0.471. The molecule has 1 N–H and O–H groups in total. The second-order valence-electron chi connectivity index (χ2n) is 6.06. The van der Waals surface area contributed by atoms with Crippen molar-refractivity contribution in [1.82, 2.24) is 15.1 Å². The van der Waals surface area contributed by atoms with Gasteiger partial charge in [0.05, 0.1) is 12.7 Å². The van der Waals surface area contributed by atoms with Crippen LogP contribution in [0.1, 0.15) is 40.8 Å². The summed E-state index contributed by atoms with van der Waals surface area (Å²) in [5.74, 6) is 0. The number of nitrogens with one attached hydrogen (secondary N) is 1. The summed E-state index contributed by atoms with van der Waals surface area (Å²) in [5.41, 5.74) is 6.56. The standard InChI is InChI=1S/C17H23N3/c1-12-6-13(2)8-15(7-12)11-20-14(3)16(10-19-20)9-18-17-4-5-17/h6-8,10,17-18H,4-5,9,11H2,1-3H3. The second-order valence-corrected chi connectivity index (χ2v) is 6.06. The van der Waals surface area contributed by atoms with Crippen LogP contribution in [0.15, 0.2) is 24.4 Å². The SMILES string of the molecule is Cc1cc(C)cc(Cn2ncc(CNC3CC3)c2C)c1. The highest BCUT2D eigenvalue weighted by molar-refractivity contribution is 5.29. The Kier molecular flexibility index (Phi) is 3.62. The zero-order valence-corrected chi connectivity index (χ0v) is 12.6. The molecule has 3 nitrogen and oxygen atoms in total. The Hall–Kier alpha value is -1.61. The summed E-state index contributed by atoms with van der Waals surface area (Å²) < 4.78 is 2.11. The first-order valence-electron chi connectivity index (χ1n) is 7.43. The molecular weight excluding hydrogens is 246 g/mol. The Morgan fingerprint density at radius 3 is 2.50 bits per heavy atom. The van der Waals surface area contributed by atoms with Crippen LogP contribution in [0, 0.1) is 20.8 Å². The lowest BCUT2D eigenvalue weighted by Gasteiger charge is -2.08. The summed E-state index contributed by atoms with van der Waals surface area (Å²) in [7, 11) is 0. The van der Waals surface area contributed by atoms with Crippen LogP contribution in [0.25, 0.3) is 0 Å². The van der Waals surface area contributed by atoms with Crippen molar-refractivity contribution in [3.8, 4) is 0 Å². The Balaban J connectivity index is 1.73. The van der Waals surface area contributed by atoms with Gasteiger partial charge in [0.25, 0.3) is 0 Å². The summed E-state index contributed by atoms with van der Waals surface area (Å²) in [4.78, 5) is 0. The van der Waals surface area contributed by atoms with Crippen LogP contribution in [0.4, 0.5) is 0 Å². The highest BCUT2D eigenvalue weighted by Crippen LogP contribution is 2.20. The fourth-order valence-electron chi connectivity index (χ4n) is 2.69. The second kappa shape index (κ2) is 5.41. The van der Waals surface area contributed by atoms with E-state index in [4.69, 9.17) is 0 Å². The third-order valence-electron chi connectivity index (χ3n) is 3.98. The van der Waals surface area contributed by atoms with E-state index in [-0.39, 0.29) is 0 Å². The third kappa shape index (κ3) is 3.10. The maximum absolute atomic E-state index is 4.55. The lowest BCUT2D eigenvalue weighted by molar-refractivity contribution is 0.653. The van der Waals surface area contributed by atoms with Gasteiger partial charge in [0.2, 0.25) is 0 Å². The molecule has 1 saturated carbocycles. The summed E-state index contributed by atoms with van der Waals surface area (Å²) in [6.45, 7) is 8.27. The maximum Gasteiger partial charge on any atom is 0.0662 e.